The number of benzene rings is 1. The summed E-state index contributed by atoms with van der Waals surface area (Å²) in [4.78, 5) is 20.6. The molecular formula is C21H26ClFN4O. The molecule has 0 unspecified atom stereocenters. The lowest BCUT2D eigenvalue weighted by Gasteiger charge is -2.26. The first-order chi connectivity index (χ1) is 13.4. The Kier molecular flexibility index (Phi) is 6.86. The number of nitrogens with one attached hydrogen (secondary N) is 1. The molecule has 0 bridgehead atoms. The van der Waals surface area contributed by atoms with Crippen molar-refractivity contribution in [3.8, 4) is 0 Å². The molecule has 1 N–H and O–H groups in total. The molecule has 1 aromatic heterocycles. The second kappa shape index (κ2) is 9.34. The molecule has 2 aromatic rings. The van der Waals surface area contributed by atoms with Gasteiger partial charge in [0.05, 0.1) is 10.6 Å². The molecule has 1 amide bonds. The van der Waals surface area contributed by atoms with Gasteiger partial charge in [-0.2, -0.15) is 0 Å². The summed E-state index contributed by atoms with van der Waals surface area (Å²) in [5, 5.41) is 3.50. The third-order valence-corrected chi connectivity index (χ3v) is 5.08. The highest BCUT2D eigenvalue weighted by molar-refractivity contribution is 6.33. The molecule has 0 aliphatic carbocycles. The van der Waals surface area contributed by atoms with E-state index in [4.69, 9.17) is 11.6 Å². The number of likely N-dealkylation sites (tertiary alicyclic amines) is 1. The van der Waals surface area contributed by atoms with Crippen LogP contribution in [0.4, 0.5) is 10.2 Å². The average Bonchev–Trinajstić information content (AvgIpc) is 2.68. The molecule has 7 heteroatoms. The lowest BCUT2D eigenvalue weighted by atomic mass is 10.1. The Hall–Kier alpha value is -2.18. The van der Waals surface area contributed by atoms with Crippen LogP contribution in [0.15, 0.2) is 30.5 Å². The van der Waals surface area contributed by atoms with Crippen molar-refractivity contribution in [1.82, 2.24) is 14.8 Å². The van der Waals surface area contributed by atoms with E-state index < -0.39 is 0 Å². The van der Waals surface area contributed by atoms with Crippen molar-refractivity contribution in [3.63, 3.8) is 0 Å². The Morgan fingerprint density at radius 3 is 2.64 bits per heavy atom. The number of nitrogens with zero attached hydrogens (tertiary/aromatic N) is 3. The summed E-state index contributed by atoms with van der Waals surface area (Å²) in [6, 6.07) is 6.85. The number of hydrogen-bond donors (Lipinski definition) is 1. The number of carbonyl (C=O) groups excluding carboxylic acids is 1. The molecule has 0 saturated carbocycles. The zero-order valence-corrected chi connectivity index (χ0v) is 17.1. The molecule has 1 aliphatic heterocycles. The Morgan fingerprint density at radius 2 is 2.00 bits per heavy atom. The smallest absolute Gasteiger partial charge is 0.255 e. The third kappa shape index (κ3) is 5.20. The van der Waals surface area contributed by atoms with E-state index in [9.17, 15) is 9.18 Å². The number of anilines is 1. The van der Waals surface area contributed by atoms with Gasteiger partial charge in [0, 0.05) is 37.9 Å². The molecule has 150 valence electrons. The van der Waals surface area contributed by atoms with Gasteiger partial charge in [-0.25, -0.2) is 9.37 Å². The van der Waals surface area contributed by atoms with E-state index in [1.165, 1.54) is 12.5 Å². The predicted octanol–water partition coefficient (Wildman–Crippen LogP) is 4.17. The standard InChI is InChI=1S/C21H26ClFN4O/c1-26(2)14-16-7-6-15(10-19(16)23)12-24-20-18(22)11-17(13-25-20)21(28)27-8-4-3-5-9-27/h6-7,10-11,13H,3-5,8-9,12,14H2,1-2H3,(H,24,25). The Balaban J connectivity index is 1.63. The van der Waals surface area contributed by atoms with Crippen LogP contribution in [0.1, 0.15) is 40.7 Å². The number of halogens is 2. The molecule has 0 atom stereocenters. The van der Waals surface area contributed by atoms with Gasteiger partial charge in [0.2, 0.25) is 0 Å². The Morgan fingerprint density at radius 1 is 1.25 bits per heavy atom. The Bertz CT molecular complexity index is 837. The molecule has 1 saturated heterocycles. The van der Waals surface area contributed by atoms with Crippen LogP contribution in [-0.2, 0) is 13.1 Å². The summed E-state index contributed by atoms with van der Waals surface area (Å²) in [6.45, 7) is 2.52. The van der Waals surface area contributed by atoms with Gasteiger partial charge in [-0.15, -0.1) is 0 Å². The quantitative estimate of drug-likeness (QED) is 0.784. The molecule has 28 heavy (non-hydrogen) atoms. The summed E-state index contributed by atoms with van der Waals surface area (Å²) >= 11 is 6.32. The van der Waals surface area contributed by atoms with Gasteiger partial charge in [0.25, 0.3) is 5.91 Å². The van der Waals surface area contributed by atoms with Crippen LogP contribution in [0, 0.1) is 5.82 Å². The SMILES string of the molecule is CN(C)Cc1ccc(CNc2ncc(C(=O)N3CCCCC3)cc2Cl)cc1F. The minimum Gasteiger partial charge on any atom is -0.365 e. The lowest BCUT2D eigenvalue weighted by Crippen LogP contribution is -2.35. The van der Waals surface area contributed by atoms with Gasteiger partial charge in [-0.1, -0.05) is 23.7 Å². The maximum Gasteiger partial charge on any atom is 0.255 e. The average molecular weight is 405 g/mol. The summed E-state index contributed by atoms with van der Waals surface area (Å²) < 4.78 is 14.2. The predicted molar refractivity (Wildman–Crippen MR) is 110 cm³/mol. The largest absolute Gasteiger partial charge is 0.365 e. The van der Waals surface area contributed by atoms with Gasteiger partial charge in [-0.05, 0) is 51.1 Å². The highest BCUT2D eigenvalue weighted by Gasteiger charge is 2.19. The van der Waals surface area contributed by atoms with E-state index in [0.29, 0.717) is 35.1 Å². The molecule has 5 nitrogen and oxygen atoms in total. The molecule has 0 radical (unpaired) electrons. The highest BCUT2D eigenvalue weighted by Crippen LogP contribution is 2.23. The van der Waals surface area contributed by atoms with Crippen molar-refractivity contribution in [1.29, 1.82) is 0 Å². The van der Waals surface area contributed by atoms with Gasteiger partial charge < -0.3 is 15.1 Å². The molecule has 1 aromatic carbocycles. The number of rotatable bonds is 6. The van der Waals surface area contributed by atoms with Crippen LogP contribution >= 0.6 is 11.6 Å². The topological polar surface area (TPSA) is 48.5 Å². The van der Waals surface area contributed by atoms with E-state index in [-0.39, 0.29) is 11.7 Å². The van der Waals surface area contributed by atoms with E-state index in [2.05, 4.69) is 10.3 Å². The fourth-order valence-corrected chi connectivity index (χ4v) is 3.55. The fourth-order valence-electron chi connectivity index (χ4n) is 3.32. The second-order valence-corrected chi connectivity index (χ2v) is 7.83. The second-order valence-electron chi connectivity index (χ2n) is 7.42. The van der Waals surface area contributed by atoms with Crippen LogP contribution in [0.5, 0.6) is 0 Å². The minimum atomic E-state index is -0.227. The first-order valence-corrected chi connectivity index (χ1v) is 9.92. The maximum atomic E-state index is 14.2. The number of aromatic nitrogens is 1. The normalized spacial score (nSPS) is 14.4. The van der Waals surface area contributed by atoms with Crippen molar-refractivity contribution in [2.45, 2.75) is 32.4 Å². The molecular weight excluding hydrogens is 379 g/mol. The summed E-state index contributed by atoms with van der Waals surface area (Å²) in [7, 11) is 3.81. The summed E-state index contributed by atoms with van der Waals surface area (Å²) in [6.07, 6.45) is 4.79. The van der Waals surface area contributed by atoms with Crippen LogP contribution in [0.2, 0.25) is 5.02 Å². The number of amides is 1. The van der Waals surface area contributed by atoms with Crippen LogP contribution in [0.3, 0.4) is 0 Å². The molecule has 2 heterocycles. The highest BCUT2D eigenvalue weighted by atomic mass is 35.5. The van der Waals surface area contributed by atoms with E-state index in [0.717, 1.165) is 31.5 Å². The number of carbonyl (C=O) groups is 1. The molecule has 1 fully saturated rings. The van der Waals surface area contributed by atoms with Crippen molar-refractivity contribution in [3.05, 3.63) is 58.0 Å². The molecule has 3 rings (SSSR count). The Labute approximate surface area is 170 Å². The van der Waals surface area contributed by atoms with Crippen LogP contribution in [0.25, 0.3) is 0 Å². The van der Waals surface area contributed by atoms with E-state index in [1.54, 1.807) is 18.3 Å². The maximum absolute atomic E-state index is 14.2. The lowest BCUT2D eigenvalue weighted by molar-refractivity contribution is 0.0724. The van der Waals surface area contributed by atoms with Crippen molar-refractivity contribution >= 4 is 23.3 Å². The zero-order chi connectivity index (χ0) is 20.1. The van der Waals surface area contributed by atoms with Gasteiger partial charge in [0.15, 0.2) is 0 Å². The first kappa shape index (κ1) is 20.6. The number of pyridine rings is 1. The van der Waals surface area contributed by atoms with Gasteiger partial charge in [0.1, 0.15) is 11.6 Å². The summed E-state index contributed by atoms with van der Waals surface area (Å²) in [5.74, 6) is 0.225. The fraction of sp³-hybridized carbons (Fsp3) is 0.429. The molecule has 0 spiro atoms. The third-order valence-electron chi connectivity index (χ3n) is 4.80. The van der Waals surface area contributed by atoms with E-state index in [1.807, 2.05) is 30.0 Å². The van der Waals surface area contributed by atoms with E-state index >= 15 is 0 Å². The molecule has 1 aliphatic rings. The minimum absolute atomic E-state index is 0.0285. The van der Waals surface area contributed by atoms with Crippen molar-refractivity contribution < 1.29 is 9.18 Å². The van der Waals surface area contributed by atoms with Gasteiger partial charge in [-0.3, -0.25) is 4.79 Å². The first-order valence-electron chi connectivity index (χ1n) is 9.55. The zero-order valence-electron chi connectivity index (χ0n) is 16.3. The van der Waals surface area contributed by atoms with Crippen LogP contribution in [-0.4, -0.2) is 47.9 Å². The number of piperidine rings is 1. The monoisotopic (exact) mass is 404 g/mol. The number of hydrogen-bond acceptors (Lipinski definition) is 4. The van der Waals surface area contributed by atoms with Crippen LogP contribution < -0.4 is 5.32 Å². The van der Waals surface area contributed by atoms with Crippen molar-refractivity contribution in [2.24, 2.45) is 0 Å². The van der Waals surface area contributed by atoms with Crippen molar-refractivity contribution in [2.75, 3.05) is 32.5 Å². The summed E-state index contributed by atoms with van der Waals surface area (Å²) in [5.41, 5.74) is 1.95. The van der Waals surface area contributed by atoms with Gasteiger partial charge >= 0.3 is 0 Å².